The van der Waals surface area contributed by atoms with E-state index in [0.29, 0.717) is 11.1 Å². The van der Waals surface area contributed by atoms with E-state index in [1.807, 2.05) is 36.4 Å². The van der Waals surface area contributed by atoms with Crippen LogP contribution >= 0.6 is 0 Å². The minimum Gasteiger partial charge on any atom is -0.480 e. The fourth-order valence-electron chi connectivity index (χ4n) is 5.01. The lowest BCUT2D eigenvalue weighted by Crippen LogP contribution is -2.60. The second-order valence-corrected chi connectivity index (χ2v) is 9.80. The summed E-state index contributed by atoms with van der Waals surface area (Å²) in [6.45, 7) is 5.14. The minimum absolute atomic E-state index is 0.168. The number of carboxylic acids is 1. The molecule has 0 saturated carbocycles. The average Bonchev–Trinajstić information content (AvgIpc) is 3.29. The Morgan fingerprint density at radius 1 is 1.12 bits per heavy atom. The predicted molar refractivity (Wildman–Crippen MR) is 122 cm³/mol. The standard InChI is InChI=1S/C26H27N3O5/c1-25(2,3)29-22(30)19-20(23(29)31)26(24(32)33,15-34-14-17-7-5-4-6-8-17)28-21(19)18-11-9-16(13-27)10-12-18/h4-12,19-21,28H,14-15H2,1-3H3,(H,32,33). The molecule has 0 spiro atoms. The summed E-state index contributed by atoms with van der Waals surface area (Å²) in [5, 5.41) is 22.6. The Hall–Kier alpha value is -3.54. The topological polar surface area (TPSA) is 120 Å². The van der Waals surface area contributed by atoms with E-state index < -0.39 is 46.7 Å². The van der Waals surface area contributed by atoms with Crippen LogP contribution in [0.2, 0.25) is 0 Å². The maximum Gasteiger partial charge on any atom is 0.327 e. The molecule has 4 rings (SSSR count). The van der Waals surface area contributed by atoms with Crippen molar-refractivity contribution in [3.8, 4) is 6.07 Å². The molecule has 4 atom stereocenters. The molecule has 0 bridgehead atoms. The fraction of sp³-hybridized carbons (Fsp3) is 0.385. The first kappa shape index (κ1) is 23.6. The summed E-state index contributed by atoms with van der Waals surface area (Å²) >= 11 is 0. The van der Waals surface area contributed by atoms with Crippen LogP contribution in [0.25, 0.3) is 0 Å². The molecular weight excluding hydrogens is 434 g/mol. The molecule has 8 nitrogen and oxygen atoms in total. The average molecular weight is 462 g/mol. The second-order valence-electron chi connectivity index (χ2n) is 9.80. The Balaban J connectivity index is 1.74. The van der Waals surface area contributed by atoms with Gasteiger partial charge >= 0.3 is 5.97 Å². The third kappa shape index (κ3) is 3.87. The van der Waals surface area contributed by atoms with E-state index >= 15 is 0 Å². The summed E-state index contributed by atoms with van der Waals surface area (Å²) in [7, 11) is 0. The molecule has 2 aliphatic rings. The number of carbonyl (C=O) groups is 3. The number of likely N-dealkylation sites (tertiary alicyclic amines) is 1. The zero-order valence-electron chi connectivity index (χ0n) is 19.3. The number of carboxylic acid groups (broad SMARTS) is 1. The lowest BCUT2D eigenvalue weighted by Gasteiger charge is -2.35. The zero-order chi connectivity index (χ0) is 24.7. The number of amides is 2. The van der Waals surface area contributed by atoms with Gasteiger partial charge in [-0.2, -0.15) is 5.26 Å². The molecule has 176 valence electrons. The summed E-state index contributed by atoms with van der Waals surface area (Å²) in [5.41, 5.74) is -0.643. The number of nitriles is 1. The van der Waals surface area contributed by atoms with Crippen LogP contribution in [0.3, 0.4) is 0 Å². The molecule has 0 radical (unpaired) electrons. The number of ether oxygens (including phenoxy) is 1. The molecule has 2 aliphatic heterocycles. The Morgan fingerprint density at radius 2 is 1.76 bits per heavy atom. The quantitative estimate of drug-likeness (QED) is 0.635. The monoisotopic (exact) mass is 461 g/mol. The van der Waals surface area contributed by atoms with Crippen molar-refractivity contribution in [2.75, 3.05) is 6.61 Å². The van der Waals surface area contributed by atoms with Crippen molar-refractivity contribution in [2.45, 2.75) is 44.5 Å². The number of fused-ring (bicyclic) bond motifs is 1. The van der Waals surface area contributed by atoms with E-state index in [-0.39, 0.29) is 13.2 Å². The van der Waals surface area contributed by atoms with Crippen molar-refractivity contribution in [2.24, 2.45) is 11.8 Å². The van der Waals surface area contributed by atoms with Gasteiger partial charge in [-0.1, -0.05) is 42.5 Å². The number of benzene rings is 2. The molecule has 0 aromatic heterocycles. The normalized spacial score (nSPS) is 26.4. The van der Waals surface area contributed by atoms with Gasteiger partial charge < -0.3 is 9.84 Å². The zero-order valence-corrected chi connectivity index (χ0v) is 19.3. The summed E-state index contributed by atoms with van der Waals surface area (Å²) in [5.74, 6) is -4.21. The van der Waals surface area contributed by atoms with Crippen LogP contribution in [0.5, 0.6) is 0 Å². The molecule has 2 aromatic carbocycles. The van der Waals surface area contributed by atoms with Gasteiger partial charge in [0, 0.05) is 11.6 Å². The SMILES string of the molecule is CC(C)(C)N1C(=O)C2C(c3ccc(C#N)cc3)NC(COCc3ccccc3)(C(=O)O)C2C1=O. The number of nitrogens with one attached hydrogen (secondary N) is 1. The first-order valence-electron chi connectivity index (χ1n) is 11.1. The maximum absolute atomic E-state index is 13.6. The number of hydrogen-bond acceptors (Lipinski definition) is 6. The Bertz CT molecular complexity index is 1150. The molecule has 2 fully saturated rings. The van der Waals surface area contributed by atoms with Crippen molar-refractivity contribution in [3.05, 3.63) is 71.3 Å². The lowest BCUT2D eigenvalue weighted by molar-refractivity contribution is -0.156. The van der Waals surface area contributed by atoms with Gasteiger partial charge in [0.2, 0.25) is 11.8 Å². The third-order valence-electron chi connectivity index (χ3n) is 6.55. The van der Waals surface area contributed by atoms with Crippen LogP contribution in [-0.2, 0) is 25.7 Å². The van der Waals surface area contributed by atoms with Crippen molar-refractivity contribution < 1.29 is 24.2 Å². The first-order valence-corrected chi connectivity index (χ1v) is 11.1. The Morgan fingerprint density at radius 3 is 2.32 bits per heavy atom. The number of hydrogen-bond donors (Lipinski definition) is 2. The number of imide groups is 1. The summed E-state index contributed by atoms with van der Waals surface area (Å²) in [6.07, 6.45) is 0. The molecule has 34 heavy (non-hydrogen) atoms. The first-order chi connectivity index (χ1) is 16.1. The van der Waals surface area contributed by atoms with E-state index in [9.17, 15) is 19.5 Å². The van der Waals surface area contributed by atoms with E-state index in [0.717, 1.165) is 5.56 Å². The highest BCUT2D eigenvalue weighted by Crippen LogP contribution is 2.50. The Labute approximate surface area is 198 Å². The molecular formula is C26H27N3O5. The maximum atomic E-state index is 13.6. The highest BCUT2D eigenvalue weighted by molar-refractivity contribution is 6.10. The summed E-state index contributed by atoms with van der Waals surface area (Å²) in [6, 6.07) is 17.2. The van der Waals surface area contributed by atoms with Crippen molar-refractivity contribution >= 4 is 17.8 Å². The van der Waals surface area contributed by atoms with Crippen LogP contribution in [0.4, 0.5) is 0 Å². The lowest BCUT2D eigenvalue weighted by atomic mass is 9.79. The molecule has 2 amide bonds. The predicted octanol–water partition coefficient (Wildman–Crippen LogP) is 2.64. The summed E-state index contributed by atoms with van der Waals surface area (Å²) in [4.78, 5) is 41.0. The Kier molecular flexibility index (Phi) is 6.02. The van der Waals surface area contributed by atoms with Gasteiger partial charge in [0.25, 0.3) is 0 Å². The van der Waals surface area contributed by atoms with Crippen LogP contribution in [-0.4, -0.2) is 45.5 Å². The van der Waals surface area contributed by atoms with Gasteiger partial charge in [0.1, 0.15) is 0 Å². The second kappa shape index (κ2) is 8.67. The van der Waals surface area contributed by atoms with E-state index in [1.54, 1.807) is 45.0 Å². The van der Waals surface area contributed by atoms with Crippen LogP contribution in [0.1, 0.15) is 43.5 Å². The fourth-order valence-corrected chi connectivity index (χ4v) is 5.01. The highest BCUT2D eigenvalue weighted by atomic mass is 16.5. The van der Waals surface area contributed by atoms with Crippen molar-refractivity contribution in [3.63, 3.8) is 0 Å². The number of aliphatic carboxylic acids is 1. The molecule has 2 N–H and O–H groups in total. The van der Waals surface area contributed by atoms with E-state index in [2.05, 4.69) is 5.32 Å². The van der Waals surface area contributed by atoms with E-state index in [4.69, 9.17) is 10.00 Å². The summed E-state index contributed by atoms with van der Waals surface area (Å²) < 4.78 is 5.83. The molecule has 4 unspecified atom stereocenters. The minimum atomic E-state index is -1.79. The molecule has 2 heterocycles. The van der Waals surface area contributed by atoms with E-state index in [1.165, 1.54) is 4.90 Å². The third-order valence-corrected chi connectivity index (χ3v) is 6.55. The number of nitrogens with zero attached hydrogens (tertiary/aromatic N) is 2. The molecule has 2 saturated heterocycles. The van der Waals surface area contributed by atoms with Gasteiger partial charge in [0.15, 0.2) is 5.54 Å². The molecule has 8 heteroatoms. The van der Waals surface area contributed by atoms with Crippen molar-refractivity contribution in [1.29, 1.82) is 5.26 Å². The van der Waals surface area contributed by atoms with Gasteiger partial charge in [0.05, 0.1) is 36.7 Å². The van der Waals surface area contributed by atoms with Crippen molar-refractivity contribution in [1.82, 2.24) is 10.2 Å². The van der Waals surface area contributed by atoms with Crippen LogP contribution in [0.15, 0.2) is 54.6 Å². The molecule has 2 aromatic rings. The number of rotatable bonds is 6. The van der Waals surface area contributed by atoms with Gasteiger partial charge in [-0.05, 0) is 44.0 Å². The van der Waals surface area contributed by atoms with Gasteiger partial charge in [-0.15, -0.1) is 0 Å². The molecule has 0 aliphatic carbocycles. The number of carbonyl (C=O) groups excluding carboxylic acids is 2. The van der Waals surface area contributed by atoms with Gasteiger partial charge in [-0.3, -0.25) is 24.6 Å². The van der Waals surface area contributed by atoms with Crippen LogP contribution < -0.4 is 5.32 Å². The van der Waals surface area contributed by atoms with Crippen LogP contribution in [0, 0.1) is 23.2 Å². The van der Waals surface area contributed by atoms with Gasteiger partial charge in [-0.25, -0.2) is 0 Å². The largest absolute Gasteiger partial charge is 0.480 e. The highest BCUT2D eigenvalue weighted by Gasteiger charge is 2.69. The smallest absolute Gasteiger partial charge is 0.327 e.